The molecule has 1 heterocycles. The number of methoxy groups -OCH3 is 2. The molecule has 0 unspecified atom stereocenters. The van der Waals surface area contributed by atoms with Gasteiger partial charge in [0, 0.05) is 23.2 Å². The maximum Gasteiger partial charge on any atom is 0.276 e. The normalized spacial score (nSPS) is 11.6. The summed E-state index contributed by atoms with van der Waals surface area (Å²) in [5.41, 5.74) is 8.03. The highest BCUT2D eigenvalue weighted by atomic mass is 16.5. The van der Waals surface area contributed by atoms with Gasteiger partial charge in [-0.25, -0.2) is 4.68 Å². The Morgan fingerprint density at radius 3 is 2.27 bits per heavy atom. The summed E-state index contributed by atoms with van der Waals surface area (Å²) in [6.45, 7) is 3.98. The van der Waals surface area contributed by atoms with Crippen LogP contribution in [0.2, 0.25) is 0 Å². The summed E-state index contributed by atoms with van der Waals surface area (Å²) in [4.78, 5) is 13.5. The molecular formula is C27H25N3O3. The van der Waals surface area contributed by atoms with Gasteiger partial charge in [0.05, 0.1) is 25.6 Å². The minimum absolute atomic E-state index is 0.218. The van der Waals surface area contributed by atoms with Crippen LogP contribution in [0.15, 0.2) is 60.7 Å². The molecule has 0 saturated heterocycles. The molecule has 33 heavy (non-hydrogen) atoms. The van der Waals surface area contributed by atoms with E-state index in [1.165, 1.54) is 0 Å². The summed E-state index contributed by atoms with van der Waals surface area (Å²) in [5.74, 6) is 1.10. The molecule has 166 valence electrons. The Balaban J connectivity index is 1.66. The topological polar surface area (TPSA) is 65.4 Å². The highest BCUT2D eigenvalue weighted by molar-refractivity contribution is 6.06. The van der Waals surface area contributed by atoms with Crippen molar-refractivity contribution >= 4 is 11.6 Å². The van der Waals surface area contributed by atoms with E-state index in [0.29, 0.717) is 23.6 Å². The number of ether oxygens (including phenoxy) is 2. The second-order valence-electron chi connectivity index (χ2n) is 8.19. The molecule has 0 bridgehead atoms. The Hall–Kier alpha value is -4.06. The molecular weight excluding hydrogens is 414 g/mol. The molecule has 6 nitrogen and oxygen atoms in total. The van der Waals surface area contributed by atoms with Gasteiger partial charge in [0.2, 0.25) is 0 Å². The number of rotatable bonds is 5. The van der Waals surface area contributed by atoms with Crippen molar-refractivity contribution in [3.05, 3.63) is 88.6 Å². The first-order valence-corrected chi connectivity index (χ1v) is 10.8. The fourth-order valence-electron chi connectivity index (χ4n) is 4.50. The van der Waals surface area contributed by atoms with E-state index in [4.69, 9.17) is 14.6 Å². The summed E-state index contributed by atoms with van der Waals surface area (Å²) in [5, 5.41) is 7.88. The first-order chi connectivity index (χ1) is 16.0. The van der Waals surface area contributed by atoms with Gasteiger partial charge in [-0.1, -0.05) is 36.4 Å². The van der Waals surface area contributed by atoms with Gasteiger partial charge in [-0.3, -0.25) is 4.79 Å². The monoisotopic (exact) mass is 439 g/mol. The Labute approximate surface area is 192 Å². The lowest BCUT2D eigenvalue weighted by Gasteiger charge is -2.12. The van der Waals surface area contributed by atoms with Crippen molar-refractivity contribution in [2.75, 3.05) is 19.5 Å². The molecule has 0 radical (unpaired) electrons. The summed E-state index contributed by atoms with van der Waals surface area (Å²) in [6.07, 6.45) is 0.591. The molecule has 1 aromatic heterocycles. The van der Waals surface area contributed by atoms with Crippen molar-refractivity contribution in [1.82, 2.24) is 9.78 Å². The van der Waals surface area contributed by atoms with Crippen molar-refractivity contribution < 1.29 is 14.3 Å². The summed E-state index contributed by atoms with van der Waals surface area (Å²) in [6, 6.07) is 19.8. The molecule has 4 aromatic rings. The molecule has 0 saturated carbocycles. The number of aromatic nitrogens is 2. The average Bonchev–Trinajstić information content (AvgIpc) is 3.38. The standard InChI is InChI=1S/C27H25N3O3/c1-16-9-8-10-17(2)24(16)28-27(31)25-21-13-18-14-22(32-3)23(33-4)15-20(18)26(21)30(29-25)19-11-6-5-7-12-19/h5-12,14-15H,13H2,1-4H3,(H,28,31). The zero-order valence-electron chi connectivity index (χ0n) is 19.1. The lowest BCUT2D eigenvalue weighted by molar-refractivity contribution is 0.102. The number of carbonyl (C=O) groups excluding carboxylic acids is 1. The predicted octanol–water partition coefficient (Wildman–Crippen LogP) is 5.33. The van der Waals surface area contributed by atoms with Crippen LogP contribution in [0.4, 0.5) is 5.69 Å². The number of carbonyl (C=O) groups is 1. The quantitative estimate of drug-likeness (QED) is 0.402. The molecule has 1 aliphatic carbocycles. The van der Waals surface area contributed by atoms with Gasteiger partial charge in [-0.05, 0) is 54.8 Å². The van der Waals surface area contributed by atoms with Crippen LogP contribution in [0.5, 0.6) is 11.5 Å². The van der Waals surface area contributed by atoms with E-state index in [2.05, 4.69) is 5.32 Å². The van der Waals surface area contributed by atoms with E-state index in [9.17, 15) is 4.79 Å². The Kier molecular flexibility index (Phi) is 5.13. The van der Waals surface area contributed by atoms with Crippen LogP contribution >= 0.6 is 0 Å². The number of anilines is 1. The van der Waals surface area contributed by atoms with Crippen LogP contribution in [-0.4, -0.2) is 29.9 Å². The SMILES string of the molecule is COc1cc2c(cc1OC)-c1c(c(C(=O)Nc3c(C)cccc3C)nn1-c1ccccc1)C2. The second kappa shape index (κ2) is 8.13. The minimum Gasteiger partial charge on any atom is -0.493 e. The van der Waals surface area contributed by atoms with Gasteiger partial charge in [-0.2, -0.15) is 5.10 Å². The lowest BCUT2D eigenvalue weighted by Crippen LogP contribution is -2.16. The van der Waals surface area contributed by atoms with E-state index in [0.717, 1.165) is 44.9 Å². The van der Waals surface area contributed by atoms with Crippen LogP contribution < -0.4 is 14.8 Å². The Bertz CT molecular complexity index is 1350. The van der Waals surface area contributed by atoms with Crippen LogP contribution in [0, 0.1) is 13.8 Å². The first-order valence-electron chi connectivity index (χ1n) is 10.8. The zero-order valence-corrected chi connectivity index (χ0v) is 19.1. The highest BCUT2D eigenvalue weighted by Gasteiger charge is 2.32. The van der Waals surface area contributed by atoms with Gasteiger partial charge >= 0.3 is 0 Å². The number of para-hydroxylation sites is 2. The number of hydrogen-bond acceptors (Lipinski definition) is 4. The van der Waals surface area contributed by atoms with E-state index in [1.807, 2.05) is 79.2 Å². The van der Waals surface area contributed by atoms with Crippen molar-refractivity contribution in [3.63, 3.8) is 0 Å². The summed E-state index contributed by atoms with van der Waals surface area (Å²) < 4.78 is 12.9. The summed E-state index contributed by atoms with van der Waals surface area (Å²) in [7, 11) is 3.25. The molecule has 1 N–H and O–H groups in total. The molecule has 1 amide bonds. The molecule has 0 atom stereocenters. The first kappa shape index (κ1) is 20.8. The average molecular weight is 440 g/mol. The van der Waals surface area contributed by atoms with E-state index in [-0.39, 0.29) is 5.91 Å². The van der Waals surface area contributed by atoms with Gasteiger partial charge < -0.3 is 14.8 Å². The number of aryl methyl sites for hydroxylation is 2. The maximum atomic E-state index is 13.5. The van der Waals surface area contributed by atoms with Crippen LogP contribution in [0.25, 0.3) is 16.9 Å². The van der Waals surface area contributed by atoms with Gasteiger partial charge in [0.25, 0.3) is 5.91 Å². The van der Waals surface area contributed by atoms with Gasteiger partial charge in [0.1, 0.15) is 0 Å². The van der Waals surface area contributed by atoms with E-state index < -0.39 is 0 Å². The third-order valence-electron chi connectivity index (χ3n) is 6.15. The van der Waals surface area contributed by atoms with Crippen molar-refractivity contribution in [3.8, 4) is 28.4 Å². The zero-order chi connectivity index (χ0) is 23.1. The molecule has 0 aliphatic heterocycles. The van der Waals surface area contributed by atoms with Gasteiger partial charge in [-0.15, -0.1) is 0 Å². The molecule has 5 rings (SSSR count). The number of nitrogens with one attached hydrogen (secondary N) is 1. The Morgan fingerprint density at radius 2 is 1.61 bits per heavy atom. The highest BCUT2D eigenvalue weighted by Crippen LogP contribution is 2.45. The van der Waals surface area contributed by atoms with Crippen LogP contribution in [-0.2, 0) is 6.42 Å². The third-order valence-corrected chi connectivity index (χ3v) is 6.15. The Morgan fingerprint density at radius 1 is 0.939 bits per heavy atom. The third kappa shape index (κ3) is 3.44. The van der Waals surface area contributed by atoms with Crippen LogP contribution in [0.1, 0.15) is 32.7 Å². The second-order valence-corrected chi connectivity index (χ2v) is 8.19. The van der Waals surface area contributed by atoms with E-state index >= 15 is 0 Å². The summed E-state index contributed by atoms with van der Waals surface area (Å²) >= 11 is 0. The molecule has 1 aliphatic rings. The molecule has 0 spiro atoms. The number of nitrogens with zero attached hydrogens (tertiary/aromatic N) is 2. The van der Waals surface area contributed by atoms with Crippen molar-refractivity contribution in [2.45, 2.75) is 20.3 Å². The van der Waals surface area contributed by atoms with Crippen LogP contribution in [0.3, 0.4) is 0 Å². The van der Waals surface area contributed by atoms with Crippen molar-refractivity contribution in [1.29, 1.82) is 0 Å². The van der Waals surface area contributed by atoms with Crippen molar-refractivity contribution in [2.24, 2.45) is 0 Å². The predicted molar refractivity (Wildman–Crippen MR) is 129 cm³/mol. The fourth-order valence-corrected chi connectivity index (χ4v) is 4.50. The minimum atomic E-state index is -0.218. The molecule has 6 heteroatoms. The number of fused-ring (bicyclic) bond motifs is 3. The number of benzene rings is 3. The largest absolute Gasteiger partial charge is 0.493 e. The fraction of sp³-hybridized carbons (Fsp3) is 0.185. The molecule has 3 aromatic carbocycles. The molecule has 0 fully saturated rings. The van der Waals surface area contributed by atoms with E-state index in [1.54, 1.807) is 14.2 Å². The van der Waals surface area contributed by atoms with Gasteiger partial charge in [0.15, 0.2) is 17.2 Å². The number of hydrogen-bond donors (Lipinski definition) is 1. The smallest absolute Gasteiger partial charge is 0.276 e. The maximum absolute atomic E-state index is 13.5. The number of amides is 1. The lowest BCUT2D eigenvalue weighted by atomic mass is 10.1.